The van der Waals surface area contributed by atoms with E-state index >= 15 is 0 Å². The molecule has 2 nitrogen and oxygen atoms in total. The van der Waals surface area contributed by atoms with E-state index < -0.39 is 0 Å². The van der Waals surface area contributed by atoms with Gasteiger partial charge in [-0.25, -0.2) is 0 Å². The fraction of sp³-hybridized carbons (Fsp3) is 0.333. The highest BCUT2D eigenvalue weighted by atomic mass is 16.6. The third kappa shape index (κ3) is 4.39. The van der Waals surface area contributed by atoms with Gasteiger partial charge in [0, 0.05) is 0 Å². The number of benzene rings is 1. The maximum absolute atomic E-state index is 8.81. The van der Waals surface area contributed by atoms with Crippen molar-refractivity contribution < 1.29 is 9.84 Å². The van der Waals surface area contributed by atoms with Gasteiger partial charge >= 0.3 is 0 Å². The summed E-state index contributed by atoms with van der Waals surface area (Å²) in [7, 11) is 0. The lowest BCUT2D eigenvalue weighted by atomic mass is 10.2. The molecule has 2 heteroatoms. The van der Waals surface area contributed by atoms with Crippen LogP contribution in [0.5, 0.6) is 5.75 Å². The van der Waals surface area contributed by atoms with Crippen LogP contribution in [0.25, 0.3) is 0 Å². The second kappa shape index (κ2) is 3.98. The third-order valence-corrected chi connectivity index (χ3v) is 1.21. The zero-order valence-corrected chi connectivity index (χ0v) is 6.58. The lowest BCUT2D eigenvalue weighted by Gasteiger charge is -1.89. The van der Waals surface area contributed by atoms with Crippen molar-refractivity contribution in [1.29, 1.82) is 0 Å². The molecule has 0 aromatic heterocycles. The molecule has 0 unspecified atom stereocenters. The normalized spacial score (nSPS) is 13.2. The second-order valence-corrected chi connectivity index (χ2v) is 2.45. The largest absolute Gasteiger partial charge is 0.508 e. The average molecular weight is 152 g/mol. The maximum Gasteiger partial charge on any atom is 0.115 e. The number of rotatable bonds is 0. The Kier molecular flexibility index (Phi) is 2.93. The maximum atomic E-state index is 8.81. The van der Waals surface area contributed by atoms with Gasteiger partial charge in [0.15, 0.2) is 0 Å². The number of phenols is 1. The molecule has 1 aromatic carbocycles. The molecule has 0 aliphatic carbocycles. The molecule has 0 spiro atoms. The van der Waals surface area contributed by atoms with Crippen molar-refractivity contribution in [2.24, 2.45) is 0 Å². The highest BCUT2D eigenvalue weighted by molar-refractivity contribution is 5.25. The number of hydrogen-bond donors (Lipinski definition) is 1. The van der Waals surface area contributed by atoms with Gasteiger partial charge in [-0.1, -0.05) is 12.1 Å². The van der Waals surface area contributed by atoms with E-state index in [1.807, 2.05) is 19.1 Å². The molecule has 1 aliphatic rings. The van der Waals surface area contributed by atoms with E-state index in [2.05, 4.69) is 4.74 Å². The molecule has 11 heavy (non-hydrogen) atoms. The number of phenolic OH excluding ortho intramolecular Hbond substituents is 1. The van der Waals surface area contributed by atoms with Gasteiger partial charge in [-0.15, -0.1) is 0 Å². The van der Waals surface area contributed by atoms with Crippen LogP contribution in [-0.2, 0) is 4.74 Å². The molecule has 0 bridgehead atoms. The topological polar surface area (TPSA) is 32.8 Å². The van der Waals surface area contributed by atoms with Crippen molar-refractivity contribution in [3.05, 3.63) is 29.8 Å². The molecule has 0 amide bonds. The van der Waals surface area contributed by atoms with Gasteiger partial charge in [0.25, 0.3) is 0 Å². The van der Waals surface area contributed by atoms with Crippen LogP contribution < -0.4 is 0 Å². The first kappa shape index (κ1) is 8.08. The van der Waals surface area contributed by atoms with Crippen molar-refractivity contribution in [2.75, 3.05) is 13.2 Å². The molecule has 0 radical (unpaired) electrons. The van der Waals surface area contributed by atoms with E-state index in [0.717, 1.165) is 18.8 Å². The minimum absolute atomic E-state index is 0.338. The molecule has 1 N–H and O–H groups in total. The van der Waals surface area contributed by atoms with E-state index in [4.69, 9.17) is 5.11 Å². The molecule has 1 saturated heterocycles. The molecule has 60 valence electrons. The second-order valence-electron chi connectivity index (χ2n) is 2.45. The molecule has 1 heterocycles. The molecular weight excluding hydrogens is 140 g/mol. The van der Waals surface area contributed by atoms with Gasteiger partial charge in [-0.05, 0) is 24.6 Å². The molecule has 0 atom stereocenters. The van der Waals surface area contributed by atoms with Crippen molar-refractivity contribution >= 4 is 0 Å². The summed E-state index contributed by atoms with van der Waals surface area (Å²) in [6, 6.07) is 7.15. The first-order valence-electron chi connectivity index (χ1n) is 3.62. The number of hydrogen-bond acceptors (Lipinski definition) is 2. The predicted molar refractivity (Wildman–Crippen MR) is 43.7 cm³/mol. The monoisotopic (exact) mass is 152 g/mol. The zero-order valence-electron chi connectivity index (χ0n) is 6.58. The summed E-state index contributed by atoms with van der Waals surface area (Å²) in [5.74, 6) is 0.338. The summed E-state index contributed by atoms with van der Waals surface area (Å²) >= 11 is 0. The van der Waals surface area contributed by atoms with Crippen molar-refractivity contribution in [1.82, 2.24) is 0 Å². The van der Waals surface area contributed by atoms with E-state index in [1.54, 1.807) is 12.1 Å². The average Bonchev–Trinajstić information content (AvgIpc) is 2.69. The Morgan fingerprint density at radius 1 is 1.36 bits per heavy atom. The van der Waals surface area contributed by atoms with E-state index in [1.165, 1.54) is 0 Å². The molecule has 2 rings (SSSR count). The Hall–Kier alpha value is -1.02. The van der Waals surface area contributed by atoms with E-state index in [9.17, 15) is 0 Å². The molecular formula is C9H12O2. The third-order valence-electron chi connectivity index (χ3n) is 1.21. The summed E-state index contributed by atoms with van der Waals surface area (Å²) in [4.78, 5) is 0. The Bertz CT molecular complexity index is 199. The van der Waals surface area contributed by atoms with Crippen LogP contribution in [0.2, 0.25) is 0 Å². The van der Waals surface area contributed by atoms with Gasteiger partial charge in [-0.2, -0.15) is 0 Å². The minimum atomic E-state index is 0.338. The molecule has 1 aromatic rings. The summed E-state index contributed by atoms with van der Waals surface area (Å²) in [5.41, 5.74) is 1.09. The Labute approximate surface area is 66.4 Å². The van der Waals surface area contributed by atoms with Gasteiger partial charge in [0.05, 0.1) is 13.2 Å². The smallest absolute Gasteiger partial charge is 0.115 e. The summed E-state index contributed by atoms with van der Waals surface area (Å²) in [6.07, 6.45) is 0. The lowest BCUT2D eigenvalue weighted by Crippen LogP contribution is -1.66. The Morgan fingerprint density at radius 3 is 2.27 bits per heavy atom. The van der Waals surface area contributed by atoms with Crippen LogP contribution in [0, 0.1) is 6.92 Å². The van der Waals surface area contributed by atoms with E-state index in [0.29, 0.717) is 5.75 Å². The van der Waals surface area contributed by atoms with Crippen molar-refractivity contribution in [3.63, 3.8) is 0 Å². The summed E-state index contributed by atoms with van der Waals surface area (Å²) in [6.45, 7) is 3.94. The Balaban J connectivity index is 0.000000167. The first-order chi connectivity index (χ1) is 5.29. The quantitative estimate of drug-likeness (QED) is 0.574. The number of ether oxygens (including phenoxy) is 1. The minimum Gasteiger partial charge on any atom is -0.508 e. The summed E-state index contributed by atoms with van der Waals surface area (Å²) < 4.78 is 4.50. The summed E-state index contributed by atoms with van der Waals surface area (Å²) in [5, 5.41) is 8.81. The van der Waals surface area contributed by atoms with Crippen LogP contribution in [0.3, 0.4) is 0 Å². The van der Waals surface area contributed by atoms with Gasteiger partial charge < -0.3 is 9.84 Å². The van der Waals surface area contributed by atoms with Crippen LogP contribution in [-0.4, -0.2) is 18.3 Å². The molecule has 1 fully saturated rings. The van der Waals surface area contributed by atoms with Crippen LogP contribution in [0.1, 0.15) is 5.56 Å². The SMILES string of the molecule is C1CO1.Cc1cccc(O)c1. The number of aromatic hydroxyl groups is 1. The van der Waals surface area contributed by atoms with Crippen LogP contribution in [0.15, 0.2) is 24.3 Å². The molecule has 1 aliphatic heterocycles. The van der Waals surface area contributed by atoms with Crippen LogP contribution >= 0.6 is 0 Å². The number of aryl methyl sites for hydroxylation is 1. The molecule has 0 saturated carbocycles. The van der Waals surface area contributed by atoms with Crippen molar-refractivity contribution in [3.8, 4) is 5.75 Å². The Morgan fingerprint density at radius 2 is 2.00 bits per heavy atom. The van der Waals surface area contributed by atoms with Gasteiger partial charge in [0.2, 0.25) is 0 Å². The predicted octanol–water partition coefficient (Wildman–Crippen LogP) is 1.72. The highest BCUT2D eigenvalue weighted by Crippen LogP contribution is 2.08. The van der Waals surface area contributed by atoms with E-state index in [-0.39, 0.29) is 0 Å². The zero-order chi connectivity index (χ0) is 8.10. The van der Waals surface area contributed by atoms with Crippen LogP contribution in [0.4, 0.5) is 0 Å². The first-order valence-corrected chi connectivity index (χ1v) is 3.62. The highest BCUT2D eigenvalue weighted by Gasteiger charge is 1.94. The van der Waals surface area contributed by atoms with Gasteiger partial charge in [0.1, 0.15) is 5.75 Å². The number of epoxide rings is 1. The van der Waals surface area contributed by atoms with Crippen molar-refractivity contribution in [2.45, 2.75) is 6.92 Å². The standard InChI is InChI=1S/C7H8O.C2H4O/c1-6-3-2-4-7(8)5-6;1-2-3-1/h2-5,8H,1H3;1-2H2. The van der Waals surface area contributed by atoms with Gasteiger partial charge in [-0.3, -0.25) is 0 Å². The fourth-order valence-electron chi connectivity index (χ4n) is 0.628. The fourth-order valence-corrected chi connectivity index (χ4v) is 0.628. The lowest BCUT2D eigenvalue weighted by molar-refractivity contribution is 0.474.